The second-order valence-electron chi connectivity index (χ2n) is 2.23. The lowest BCUT2D eigenvalue weighted by molar-refractivity contribution is 0.548. The number of azide groups is 1. The average Bonchev–Trinajstić information content (AvgIpc) is 1.87. The molecule has 0 amide bonds. The highest BCUT2D eigenvalue weighted by atomic mass is 19.1. The molecule has 0 saturated carbocycles. The monoisotopic (exact) mass is 143 g/mol. The van der Waals surface area contributed by atoms with Gasteiger partial charge in [0.25, 0.3) is 0 Å². The van der Waals surface area contributed by atoms with Crippen molar-refractivity contribution in [2.45, 2.75) is 26.8 Å². The molecule has 56 valence electrons. The normalized spacial score (nSPS) is 11.6. The Kier molecular flexibility index (Phi) is 3.51. The zero-order valence-electron chi connectivity index (χ0n) is 6.30. The molecule has 0 aromatic carbocycles. The molecule has 1 atom stereocenters. The van der Waals surface area contributed by atoms with Gasteiger partial charge in [-0.15, -0.1) is 0 Å². The van der Waals surface area contributed by atoms with Crippen molar-refractivity contribution in [1.29, 1.82) is 0 Å². The van der Waals surface area contributed by atoms with Crippen molar-refractivity contribution in [1.82, 2.24) is 0 Å². The van der Waals surface area contributed by atoms with Crippen LogP contribution in [0.25, 0.3) is 10.4 Å². The molecule has 3 nitrogen and oxygen atoms in total. The minimum absolute atomic E-state index is 0.349. The fraction of sp³-hybridized carbons (Fsp3) is 0.667. The summed E-state index contributed by atoms with van der Waals surface area (Å²) in [7, 11) is 0. The summed E-state index contributed by atoms with van der Waals surface area (Å²) < 4.78 is 12.7. The highest BCUT2D eigenvalue weighted by Crippen LogP contribution is 2.12. The van der Waals surface area contributed by atoms with Crippen LogP contribution in [0.3, 0.4) is 0 Å². The molecule has 0 bridgehead atoms. The molecule has 0 aliphatic heterocycles. The van der Waals surface area contributed by atoms with E-state index in [0.29, 0.717) is 5.57 Å². The quantitative estimate of drug-likeness (QED) is 0.324. The maximum absolute atomic E-state index is 12.7. The summed E-state index contributed by atoms with van der Waals surface area (Å²) in [5.41, 5.74) is 8.49. The third-order valence-electron chi connectivity index (χ3n) is 1.07. The van der Waals surface area contributed by atoms with Gasteiger partial charge in [0.2, 0.25) is 0 Å². The molecule has 1 unspecified atom stereocenters. The maximum atomic E-state index is 12.7. The predicted octanol–water partition coefficient (Wildman–Crippen LogP) is 2.95. The molecule has 4 heteroatoms. The van der Waals surface area contributed by atoms with Gasteiger partial charge < -0.3 is 0 Å². The van der Waals surface area contributed by atoms with Crippen LogP contribution in [0.4, 0.5) is 4.39 Å². The highest BCUT2D eigenvalue weighted by molar-refractivity contribution is 5.07. The van der Waals surface area contributed by atoms with Gasteiger partial charge in [0, 0.05) is 4.91 Å². The lowest BCUT2D eigenvalue weighted by Gasteiger charge is -2.01. The van der Waals surface area contributed by atoms with Crippen LogP contribution in [0.15, 0.2) is 16.5 Å². The molecular formula is C6H10FN3. The number of rotatable bonds is 2. The Balaban J connectivity index is 4.36. The van der Waals surface area contributed by atoms with Crippen molar-refractivity contribution in [3.8, 4) is 0 Å². The fourth-order valence-corrected chi connectivity index (χ4v) is 0.546. The van der Waals surface area contributed by atoms with E-state index in [2.05, 4.69) is 10.0 Å². The van der Waals surface area contributed by atoms with Gasteiger partial charge in [-0.1, -0.05) is 12.0 Å². The van der Waals surface area contributed by atoms with E-state index < -0.39 is 6.04 Å². The first kappa shape index (κ1) is 8.98. The van der Waals surface area contributed by atoms with E-state index in [0.717, 1.165) is 0 Å². The van der Waals surface area contributed by atoms with Gasteiger partial charge in [-0.05, 0) is 25.0 Å². The summed E-state index contributed by atoms with van der Waals surface area (Å²) in [4.78, 5) is 2.49. The lowest BCUT2D eigenvalue weighted by atomic mass is 10.2. The minimum Gasteiger partial charge on any atom is -0.211 e. The largest absolute Gasteiger partial charge is 0.211 e. The summed E-state index contributed by atoms with van der Waals surface area (Å²) in [5, 5.41) is 3.19. The molecule has 0 rings (SSSR count). The van der Waals surface area contributed by atoms with E-state index in [1.165, 1.54) is 6.92 Å². The molecule has 0 N–H and O–H groups in total. The number of allylic oxidation sites excluding steroid dienone is 1. The molecule has 0 aliphatic carbocycles. The number of nitrogens with zero attached hydrogens (tertiary/aromatic N) is 3. The number of halogens is 1. The highest BCUT2D eigenvalue weighted by Gasteiger charge is 2.05. The first-order valence-electron chi connectivity index (χ1n) is 2.96. The van der Waals surface area contributed by atoms with Gasteiger partial charge in [0.05, 0.1) is 6.04 Å². The standard InChI is InChI=1S/C6H10FN3/c1-4(2)6(7)5(3)9-10-8/h5H,1-3H3. The SMILES string of the molecule is CC(C)=C(F)C(C)N=[N+]=[N-]. The summed E-state index contributed by atoms with van der Waals surface area (Å²) >= 11 is 0. The van der Waals surface area contributed by atoms with E-state index in [1.54, 1.807) is 13.8 Å². The van der Waals surface area contributed by atoms with Crippen molar-refractivity contribution in [2.75, 3.05) is 0 Å². The fourth-order valence-electron chi connectivity index (χ4n) is 0.546. The molecule has 0 aromatic heterocycles. The van der Waals surface area contributed by atoms with Crippen LogP contribution < -0.4 is 0 Å². The van der Waals surface area contributed by atoms with Crippen molar-refractivity contribution in [2.24, 2.45) is 5.11 Å². The molecule has 10 heavy (non-hydrogen) atoms. The Morgan fingerprint density at radius 3 is 2.40 bits per heavy atom. The third-order valence-corrected chi connectivity index (χ3v) is 1.07. The molecule has 0 radical (unpaired) electrons. The Morgan fingerprint density at radius 2 is 2.10 bits per heavy atom. The topological polar surface area (TPSA) is 48.8 Å². The van der Waals surface area contributed by atoms with E-state index in [4.69, 9.17) is 5.53 Å². The van der Waals surface area contributed by atoms with Crippen LogP contribution in [-0.2, 0) is 0 Å². The second-order valence-corrected chi connectivity index (χ2v) is 2.23. The van der Waals surface area contributed by atoms with Crippen LogP contribution in [-0.4, -0.2) is 6.04 Å². The van der Waals surface area contributed by atoms with Crippen molar-refractivity contribution in [3.63, 3.8) is 0 Å². The van der Waals surface area contributed by atoms with Gasteiger partial charge >= 0.3 is 0 Å². The number of hydrogen-bond acceptors (Lipinski definition) is 1. The van der Waals surface area contributed by atoms with Crippen LogP contribution >= 0.6 is 0 Å². The van der Waals surface area contributed by atoms with Crippen LogP contribution in [0.1, 0.15) is 20.8 Å². The summed E-state index contributed by atoms with van der Waals surface area (Å²) in [6.45, 7) is 4.79. The van der Waals surface area contributed by atoms with Crippen LogP contribution in [0.5, 0.6) is 0 Å². The molecule has 0 fully saturated rings. The van der Waals surface area contributed by atoms with Crippen molar-refractivity contribution < 1.29 is 4.39 Å². The first-order chi connectivity index (χ1) is 4.59. The van der Waals surface area contributed by atoms with E-state index in [9.17, 15) is 4.39 Å². The van der Waals surface area contributed by atoms with Gasteiger partial charge in [-0.3, -0.25) is 0 Å². The zero-order chi connectivity index (χ0) is 8.15. The first-order valence-corrected chi connectivity index (χ1v) is 2.96. The third kappa shape index (κ3) is 2.51. The Labute approximate surface area is 59.2 Å². The molecular weight excluding hydrogens is 133 g/mol. The second kappa shape index (κ2) is 3.90. The van der Waals surface area contributed by atoms with Crippen LogP contribution in [0, 0.1) is 0 Å². The van der Waals surface area contributed by atoms with Gasteiger partial charge in [0.15, 0.2) is 0 Å². The molecule has 0 spiro atoms. The van der Waals surface area contributed by atoms with Gasteiger partial charge in [-0.2, -0.15) is 0 Å². The smallest absolute Gasteiger partial charge is 0.107 e. The van der Waals surface area contributed by atoms with Crippen molar-refractivity contribution in [3.05, 3.63) is 21.8 Å². The zero-order valence-corrected chi connectivity index (χ0v) is 6.30. The summed E-state index contributed by atoms with van der Waals surface area (Å²) in [6.07, 6.45) is 0. The Morgan fingerprint density at radius 1 is 1.60 bits per heavy atom. The Hall–Kier alpha value is -1.02. The average molecular weight is 143 g/mol. The van der Waals surface area contributed by atoms with Crippen LogP contribution in [0.2, 0.25) is 0 Å². The van der Waals surface area contributed by atoms with Gasteiger partial charge in [0.1, 0.15) is 5.83 Å². The molecule has 0 aromatic rings. The van der Waals surface area contributed by atoms with E-state index >= 15 is 0 Å². The Bertz CT molecular complexity index is 187. The molecule has 0 saturated heterocycles. The van der Waals surface area contributed by atoms with E-state index in [-0.39, 0.29) is 5.83 Å². The maximum Gasteiger partial charge on any atom is 0.107 e. The molecule has 0 heterocycles. The number of hydrogen-bond donors (Lipinski definition) is 0. The molecule has 0 aliphatic rings. The van der Waals surface area contributed by atoms with Gasteiger partial charge in [-0.25, -0.2) is 4.39 Å². The van der Waals surface area contributed by atoms with E-state index in [1.807, 2.05) is 0 Å². The summed E-state index contributed by atoms with van der Waals surface area (Å²) in [6, 6.07) is -0.671. The predicted molar refractivity (Wildman–Crippen MR) is 38.1 cm³/mol. The summed E-state index contributed by atoms with van der Waals surface area (Å²) in [5.74, 6) is -0.349. The lowest BCUT2D eigenvalue weighted by Crippen LogP contribution is -1.97. The van der Waals surface area contributed by atoms with Crippen molar-refractivity contribution >= 4 is 0 Å². The minimum atomic E-state index is -0.671.